The summed E-state index contributed by atoms with van der Waals surface area (Å²) in [4.78, 5) is 23.1. The van der Waals surface area contributed by atoms with Gasteiger partial charge in [-0.3, -0.25) is 4.79 Å². The summed E-state index contributed by atoms with van der Waals surface area (Å²) in [5.74, 6) is 1.83. The highest BCUT2D eigenvalue weighted by Gasteiger charge is 2.54. The van der Waals surface area contributed by atoms with E-state index in [1.54, 1.807) is 0 Å². The number of nitro groups is 1. The molecule has 0 aromatic carbocycles. The third-order valence-electron chi connectivity index (χ3n) is 6.63. The minimum absolute atomic E-state index is 0.0647. The van der Waals surface area contributed by atoms with E-state index in [0.29, 0.717) is 0 Å². The fourth-order valence-corrected chi connectivity index (χ4v) is 6.61. The predicted molar refractivity (Wildman–Crippen MR) is 95.1 cm³/mol. The van der Waals surface area contributed by atoms with E-state index in [2.05, 4.69) is 38.4 Å². The molecule has 1 heterocycles. The topological polar surface area (TPSA) is 101 Å². The number of H-pyrrole nitrogens is 1. The van der Waals surface area contributed by atoms with Gasteiger partial charge >= 0.3 is 5.82 Å². The van der Waals surface area contributed by atoms with Gasteiger partial charge in [0.25, 0.3) is 5.91 Å². The van der Waals surface area contributed by atoms with Crippen LogP contribution >= 0.6 is 15.9 Å². The molecule has 136 valence electrons. The second-order valence-electron chi connectivity index (χ2n) is 8.21. The van der Waals surface area contributed by atoms with E-state index in [0.717, 1.165) is 24.2 Å². The van der Waals surface area contributed by atoms with E-state index in [-0.39, 0.29) is 33.3 Å². The van der Waals surface area contributed by atoms with Crippen LogP contribution in [0.1, 0.15) is 62.4 Å². The fraction of sp³-hybridized carbons (Fsp3) is 0.765. The van der Waals surface area contributed by atoms with Crippen molar-refractivity contribution in [1.82, 2.24) is 15.5 Å². The lowest BCUT2D eigenvalue weighted by Crippen LogP contribution is -2.56. The smallest absolute Gasteiger partial charge is 0.357 e. The van der Waals surface area contributed by atoms with Crippen molar-refractivity contribution in [3.8, 4) is 0 Å². The first-order valence-corrected chi connectivity index (χ1v) is 9.90. The SMILES string of the molecule is CCC(NC(=O)c1n[nH]c([N+](=O)[O-])c1Br)C12CC3CC(CC(C3)C1)C2. The molecule has 1 aromatic rings. The number of aromatic nitrogens is 2. The number of aromatic amines is 1. The zero-order valence-electron chi connectivity index (χ0n) is 14.3. The van der Waals surface area contributed by atoms with Crippen molar-refractivity contribution < 1.29 is 9.72 Å². The molecule has 1 atom stereocenters. The van der Waals surface area contributed by atoms with Crippen LogP contribution in [0.2, 0.25) is 0 Å². The van der Waals surface area contributed by atoms with Crippen LogP contribution in [0.3, 0.4) is 0 Å². The molecule has 8 heteroatoms. The van der Waals surface area contributed by atoms with Crippen LogP contribution in [0.5, 0.6) is 0 Å². The molecule has 4 aliphatic carbocycles. The van der Waals surface area contributed by atoms with Gasteiger partial charge in [0.15, 0.2) is 5.69 Å². The van der Waals surface area contributed by atoms with E-state index < -0.39 is 4.92 Å². The number of amides is 1. The quantitative estimate of drug-likeness (QED) is 0.568. The number of halogens is 1. The molecule has 25 heavy (non-hydrogen) atoms. The van der Waals surface area contributed by atoms with Crippen molar-refractivity contribution in [2.24, 2.45) is 23.2 Å². The largest absolute Gasteiger partial charge is 0.358 e. The number of hydrogen-bond donors (Lipinski definition) is 2. The standard InChI is InChI=1S/C17H23BrN4O3/c1-2-12(17-6-9-3-10(7-17)5-11(4-9)8-17)19-16(23)14-13(18)15(21-20-14)22(24)25/h9-12H,2-8H2,1H3,(H,19,23)(H,20,21). The third kappa shape index (κ3) is 2.78. The Morgan fingerprint density at radius 1 is 1.36 bits per heavy atom. The highest BCUT2D eigenvalue weighted by Crippen LogP contribution is 2.61. The number of hydrogen-bond acceptors (Lipinski definition) is 4. The molecule has 4 aliphatic rings. The molecule has 0 radical (unpaired) electrons. The number of carbonyl (C=O) groups excluding carboxylic acids is 1. The predicted octanol–water partition coefficient (Wildman–Crippen LogP) is 3.81. The summed E-state index contributed by atoms with van der Waals surface area (Å²) in [6, 6.07) is 0.107. The molecule has 4 bridgehead atoms. The number of rotatable bonds is 5. The van der Waals surface area contributed by atoms with Gasteiger partial charge in [0.1, 0.15) is 4.47 Å². The molecular weight excluding hydrogens is 388 g/mol. The molecule has 0 aliphatic heterocycles. The lowest BCUT2D eigenvalue weighted by Gasteiger charge is -2.59. The molecule has 1 unspecified atom stereocenters. The van der Waals surface area contributed by atoms with Crippen LogP contribution < -0.4 is 5.32 Å². The van der Waals surface area contributed by atoms with Crippen molar-refractivity contribution in [2.45, 2.75) is 57.9 Å². The Labute approximate surface area is 154 Å². The molecule has 4 saturated carbocycles. The van der Waals surface area contributed by atoms with Crippen LogP contribution in [-0.2, 0) is 0 Å². The monoisotopic (exact) mass is 410 g/mol. The van der Waals surface area contributed by atoms with Crippen molar-refractivity contribution >= 4 is 27.7 Å². The van der Waals surface area contributed by atoms with Gasteiger partial charge < -0.3 is 15.4 Å². The zero-order valence-corrected chi connectivity index (χ0v) is 15.8. The molecule has 5 rings (SSSR count). The van der Waals surface area contributed by atoms with Crippen LogP contribution in [0.15, 0.2) is 4.47 Å². The van der Waals surface area contributed by atoms with Crippen molar-refractivity contribution in [3.05, 3.63) is 20.3 Å². The molecular formula is C17H23BrN4O3. The van der Waals surface area contributed by atoms with Gasteiger partial charge in [-0.1, -0.05) is 12.0 Å². The lowest BCUT2D eigenvalue weighted by atomic mass is 9.47. The minimum atomic E-state index is -0.579. The van der Waals surface area contributed by atoms with E-state index in [1.807, 2.05) is 0 Å². The molecule has 4 fully saturated rings. The van der Waals surface area contributed by atoms with Crippen molar-refractivity contribution in [3.63, 3.8) is 0 Å². The van der Waals surface area contributed by atoms with Crippen LogP contribution in [0.4, 0.5) is 5.82 Å². The number of nitrogens with zero attached hydrogens (tertiary/aromatic N) is 2. The molecule has 7 nitrogen and oxygen atoms in total. The Morgan fingerprint density at radius 2 is 1.92 bits per heavy atom. The second kappa shape index (κ2) is 6.07. The van der Waals surface area contributed by atoms with Gasteiger partial charge in [-0.25, -0.2) is 0 Å². The number of nitrogens with one attached hydrogen (secondary N) is 2. The highest BCUT2D eigenvalue weighted by molar-refractivity contribution is 9.10. The molecule has 2 N–H and O–H groups in total. The molecule has 0 spiro atoms. The van der Waals surface area contributed by atoms with E-state index >= 15 is 0 Å². The Balaban J connectivity index is 1.54. The van der Waals surface area contributed by atoms with Gasteiger partial charge in [0.2, 0.25) is 0 Å². The van der Waals surface area contributed by atoms with Crippen LogP contribution in [0, 0.1) is 33.3 Å². The van der Waals surface area contributed by atoms with Crippen molar-refractivity contribution in [1.29, 1.82) is 0 Å². The Morgan fingerprint density at radius 3 is 2.36 bits per heavy atom. The zero-order chi connectivity index (χ0) is 17.8. The maximum absolute atomic E-state index is 12.7. The van der Waals surface area contributed by atoms with Gasteiger partial charge in [-0.05, 0) is 89.0 Å². The summed E-state index contributed by atoms with van der Waals surface area (Å²) >= 11 is 3.13. The maximum Gasteiger partial charge on any atom is 0.357 e. The summed E-state index contributed by atoms with van der Waals surface area (Å²) in [6.07, 6.45) is 8.59. The summed E-state index contributed by atoms with van der Waals surface area (Å²) < 4.78 is 0.121. The first-order valence-electron chi connectivity index (χ1n) is 9.11. The van der Waals surface area contributed by atoms with Gasteiger partial charge in [-0.2, -0.15) is 0 Å². The summed E-state index contributed by atoms with van der Waals surface area (Å²) in [7, 11) is 0. The van der Waals surface area contributed by atoms with Gasteiger partial charge in [0, 0.05) is 6.04 Å². The first kappa shape index (κ1) is 17.0. The highest BCUT2D eigenvalue weighted by atomic mass is 79.9. The molecule has 1 amide bonds. The van der Waals surface area contributed by atoms with E-state index in [1.165, 1.54) is 38.5 Å². The Hall–Kier alpha value is -1.44. The minimum Gasteiger partial charge on any atom is -0.358 e. The summed E-state index contributed by atoms with van der Waals surface area (Å²) in [5.41, 5.74) is 0.267. The number of carbonyl (C=O) groups is 1. The van der Waals surface area contributed by atoms with Crippen molar-refractivity contribution in [2.75, 3.05) is 0 Å². The average molecular weight is 411 g/mol. The van der Waals surface area contributed by atoms with E-state index in [4.69, 9.17) is 0 Å². The maximum atomic E-state index is 12.7. The van der Waals surface area contributed by atoms with Gasteiger partial charge in [-0.15, -0.1) is 5.10 Å². The Bertz CT molecular complexity index is 681. The summed E-state index contributed by atoms with van der Waals surface area (Å²) in [5, 5.41) is 20.3. The second-order valence-corrected chi connectivity index (χ2v) is 9.00. The third-order valence-corrected chi connectivity index (χ3v) is 7.38. The lowest BCUT2D eigenvalue weighted by molar-refractivity contribution is -0.390. The normalized spacial score (nSPS) is 34.1. The molecule has 0 saturated heterocycles. The average Bonchev–Trinajstić information content (AvgIpc) is 2.92. The summed E-state index contributed by atoms with van der Waals surface area (Å²) in [6.45, 7) is 2.12. The van der Waals surface area contributed by atoms with Crippen LogP contribution in [0.25, 0.3) is 0 Å². The Kier molecular flexibility index (Phi) is 4.13. The fourth-order valence-electron chi connectivity index (χ4n) is 6.11. The first-order chi connectivity index (χ1) is 11.9. The van der Waals surface area contributed by atoms with E-state index in [9.17, 15) is 14.9 Å². The molecule has 1 aromatic heterocycles. The van der Waals surface area contributed by atoms with Crippen LogP contribution in [-0.4, -0.2) is 27.1 Å². The van der Waals surface area contributed by atoms with Gasteiger partial charge in [0.05, 0.1) is 0 Å².